The van der Waals surface area contributed by atoms with Crippen LogP contribution in [0.5, 0.6) is 0 Å². The third-order valence-electron chi connectivity index (χ3n) is 2.98. The van der Waals surface area contributed by atoms with E-state index in [1.807, 2.05) is 0 Å². The number of nitrogens with zero attached hydrogens (tertiary/aromatic N) is 1. The summed E-state index contributed by atoms with van der Waals surface area (Å²) in [5.41, 5.74) is 0. The number of ether oxygens (including phenoxy) is 2. The summed E-state index contributed by atoms with van der Waals surface area (Å²) >= 11 is 0. The maximum absolute atomic E-state index is 12.0. The Morgan fingerprint density at radius 1 is 1.11 bits per heavy atom. The van der Waals surface area contributed by atoms with E-state index < -0.39 is 6.04 Å². The van der Waals surface area contributed by atoms with Crippen molar-refractivity contribution in [1.82, 2.24) is 4.90 Å². The predicted molar refractivity (Wildman–Crippen MR) is 67.2 cm³/mol. The number of hydrogen-bond acceptors (Lipinski definition) is 5. The van der Waals surface area contributed by atoms with Gasteiger partial charge in [-0.3, -0.25) is 9.59 Å². The van der Waals surface area contributed by atoms with E-state index >= 15 is 0 Å². The quantitative estimate of drug-likeness (QED) is 0.671. The van der Waals surface area contributed by atoms with Crippen molar-refractivity contribution >= 4 is 17.8 Å². The molecule has 1 aliphatic heterocycles. The van der Waals surface area contributed by atoms with Gasteiger partial charge in [-0.05, 0) is 26.7 Å². The Morgan fingerprint density at radius 2 is 1.79 bits per heavy atom. The number of carbonyl (C=O) groups excluding carboxylic acids is 3. The van der Waals surface area contributed by atoms with Crippen LogP contribution in [0.1, 0.15) is 39.5 Å². The van der Waals surface area contributed by atoms with Crippen LogP contribution in [0, 0.1) is 0 Å². The fourth-order valence-corrected chi connectivity index (χ4v) is 2.13. The molecule has 0 aromatic rings. The molecule has 19 heavy (non-hydrogen) atoms. The van der Waals surface area contributed by atoms with E-state index in [9.17, 15) is 14.4 Å². The molecular formula is C13H21NO5. The van der Waals surface area contributed by atoms with Gasteiger partial charge in [-0.15, -0.1) is 0 Å². The number of esters is 2. The van der Waals surface area contributed by atoms with Crippen molar-refractivity contribution in [3.8, 4) is 0 Å². The molecule has 1 unspecified atom stereocenters. The molecule has 1 rings (SSSR count). The molecule has 108 valence electrons. The zero-order chi connectivity index (χ0) is 14.3. The average molecular weight is 271 g/mol. The molecule has 1 heterocycles. The molecule has 0 aliphatic carbocycles. The Kier molecular flexibility index (Phi) is 6.32. The van der Waals surface area contributed by atoms with Gasteiger partial charge in [-0.2, -0.15) is 0 Å². The lowest BCUT2D eigenvalue weighted by atomic mass is 10.2. The molecular weight excluding hydrogens is 250 g/mol. The van der Waals surface area contributed by atoms with Gasteiger partial charge in [0.25, 0.3) is 0 Å². The maximum Gasteiger partial charge on any atom is 0.328 e. The van der Waals surface area contributed by atoms with Crippen LogP contribution in [0.15, 0.2) is 0 Å². The van der Waals surface area contributed by atoms with E-state index in [2.05, 4.69) is 0 Å². The first-order valence-corrected chi connectivity index (χ1v) is 6.71. The van der Waals surface area contributed by atoms with Gasteiger partial charge >= 0.3 is 11.9 Å². The van der Waals surface area contributed by atoms with E-state index in [0.29, 0.717) is 26.2 Å². The normalized spacial score (nSPS) is 18.2. The Bertz CT molecular complexity index is 342. The monoisotopic (exact) mass is 271 g/mol. The minimum Gasteiger partial charge on any atom is -0.466 e. The molecule has 6 nitrogen and oxygen atoms in total. The minimum absolute atomic E-state index is 0.0543. The van der Waals surface area contributed by atoms with Gasteiger partial charge in [0.2, 0.25) is 5.91 Å². The summed E-state index contributed by atoms with van der Waals surface area (Å²) in [5.74, 6) is -0.934. The first-order valence-electron chi connectivity index (χ1n) is 6.71. The van der Waals surface area contributed by atoms with Crippen molar-refractivity contribution in [3.63, 3.8) is 0 Å². The summed E-state index contributed by atoms with van der Waals surface area (Å²) in [5, 5.41) is 0. The molecule has 0 bridgehead atoms. The molecule has 0 radical (unpaired) electrons. The molecule has 0 aromatic heterocycles. The van der Waals surface area contributed by atoms with Crippen LogP contribution in [-0.4, -0.2) is 48.5 Å². The van der Waals surface area contributed by atoms with E-state index in [4.69, 9.17) is 9.47 Å². The second kappa shape index (κ2) is 7.76. The summed E-state index contributed by atoms with van der Waals surface area (Å²) in [4.78, 5) is 36.4. The largest absolute Gasteiger partial charge is 0.466 e. The molecule has 1 amide bonds. The second-order valence-corrected chi connectivity index (χ2v) is 4.30. The van der Waals surface area contributed by atoms with Crippen molar-refractivity contribution in [2.45, 2.75) is 45.6 Å². The highest BCUT2D eigenvalue weighted by Crippen LogP contribution is 2.20. The molecule has 1 atom stereocenters. The van der Waals surface area contributed by atoms with Crippen molar-refractivity contribution < 1.29 is 23.9 Å². The van der Waals surface area contributed by atoms with Crippen LogP contribution in [-0.2, 0) is 23.9 Å². The molecule has 0 spiro atoms. The Labute approximate surface area is 113 Å². The standard InChI is InChI=1S/C13H21NO5/c1-3-18-12(16)8-7-11(15)14-9-5-6-10(14)13(17)19-4-2/h10H,3-9H2,1-2H3. The van der Waals surface area contributed by atoms with Gasteiger partial charge in [0.1, 0.15) is 6.04 Å². The molecule has 0 aromatic carbocycles. The third kappa shape index (κ3) is 4.54. The van der Waals surface area contributed by atoms with Gasteiger partial charge in [0, 0.05) is 13.0 Å². The second-order valence-electron chi connectivity index (χ2n) is 4.30. The first-order chi connectivity index (χ1) is 9.10. The van der Waals surface area contributed by atoms with Crippen LogP contribution in [0.3, 0.4) is 0 Å². The van der Waals surface area contributed by atoms with Crippen molar-refractivity contribution in [1.29, 1.82) is 0 Å². The van der Waals surface area contributed by atoms with Crippen molar-refractivity contribution in [2.75, 3.05) is 19.8 Å². The fraction of sp³-hybridized carbons (Fsp3) is 0.769. The van der Waals surface area contributed by atoms with Crippen LogP contribution < -0.4 is 0 Å². The van der Waals surface area contributed by atoms with Gasteiger partial charge in [-0.1, -0.05) is 0 Å². The Hall–Kier alpha value is -1.59. The maximum atomic E-state index is 12.0. The van der Waals surface area contributed by atoms with Crippen LogP contribution in [0.2, 0.25) is 0 Å². The molecule has 1 fully saturated rings. The number of amides is 1. The van der Waals surface area contributed by atoms with Crippen LogP contribution in [0.4, 0.5) is 0 Å². The van der Waals surface area contributed by atoms with Gasteiger partial charge < -0.3 is 14.4 Å². The molecule has 0 N–H and O–H groups in total. The molecule has 0 saturated carbocycles. The SMILES string of the molecule is CCOC(=O)CCC(=O)N1CCCC1C(=O)OCC. The first kappa shape index (κ1) is 15.5. The lowest BCUT2D eigenvalue weighted by Gasteiger charge is -2.22. The van der Waals surface area contributed by atoms with E-state index in [1.165, 1.54) is 4.90 Å². The Morgan fingerprint density at radius 3 is 2.42 bits per heavy atom. The fourth-order valence-electron chi connectivity index (χ4n) is 2.13. The topological polar surface area (TPSA) is 72.9 Å². The van der Waals surface area contributed by atoms with Crippen LogP contribution >= 0.6 is 0 Å². The molecule has 6 heteroatoms. The van der Waals surface area contributed by atoms with Gasteiger partial charge in [0.15, 0.2) is 0 Å². The summed E-state index contributed by atoms with van der Waals surface area (Å²) in [6, 6.07) is -0.491. The highest BCUT2D eigenvalue weighted by Gasteiger charge is 2.34. The van der Waals surface area contributed by atoms with Gasteiger partial charge in [0.05, 0.1) is 19.6 Å². The highest BCUT2D eigenvalue weighted by atomic mass is 16.5. The summed E-state index contributed by atoms with van der Waals surface area (Å²) in [6.07, 6.45) is 1.55. The number of likely N-dealkylation sites (tertiary alicyclic amines) is 1. The van der Waals surface area contributed by atoms with E-state index in [-0.39, 0.29) is 30.7 Å². The predicted octanol–water partition coefficient (Wildman–Crippen LogP) is 0.884. The summed E-state index contributed by atoms with van der Waals surface area (Å²) < 4.78 is 9.71. The lowest BCUT2D eigenvalue weighted by Crippen LogP contribution is -2.41. The van der Waals surface area contributed by atoms with Crippen molar-refractivity contribution in [2.24, 2.45) is 0 Å². The minimum atomic E-state index is -0.491. The lowest BCUT2D eigenvalue weighted by molar-refractivity contribution is -0.153. The summed E-state index contributed by atoms with van der Waals surface area (Å²) in [7, 11) is 0. The number of rotatable bonds is 6. The van der Waals surface area contributed by atoms with E-state index in [1.54, 1.807) is 13.8 Å². The molecule has 1 saturated heterocycles. The Balaban J connectivity index is 2.46. The summed E-state index contributed by atoms with van der Waals surface area (Å²) in [6.45, 7) is 4.62. The smallest absolute Gasteiger partial charge is 0.328 e. The highest BCUT2D eigenvalue weighted by molar-refractivity contribution is 5.87. The van der Waals surface area contributed by atoms with Crippen LogP contribution in [0.25, 0.3) is 0 Å². The third-order valence-corrected chi connectivity index (χ3v) is 2.98. The number of hydrogen-bond donors (Lipinski definition) is 0. The van der Waals surface area contributed by atoms with Crippen molar-refractivity contribution in [3.05, 3.63) is 0 Å². The zero-order valence-electron chi connectivity index (χ0n) is 11.5. The zero-order valence-corrected chi connectivity index (χ0v) is 11.5. The molecule has 1 aliphatic rings. The van der Waals surface area contributed by atoms with Gasteiger partial charge in [-0.25, -0.2) is 4.79 Å². The van der Waals surface area contributed by atoms with E-state index in [0.717, 1.165) is 6.42 Å². The average Bonchev–Trinajstić information content (AvgIpc) is 2.86. The number of carbonyl (C=O) groups is 3.